The quantitative estimate of drug-likeness (QED) is 0.758. The van der Waals surface area contributed by atoms with Gasteiger partial charge >= 0.3 is 0 Å². The van der Waals surface area contributed by atoms with Gasteiger partial charge in [0.25, 0.3) is 0 Å². The van der Waals surface area contributed by atoms with Crippen LogP contribution in [-0.4, -0.2) is 26.7 Å². The average Bonchev–Trinajstić information content (AvgIpc) is 2.72. The van der Waals surface area contributed by atoms with Crippen molar-refractivity contribution < 1.29 is 4.52 Å². The Bertz CT molecular complexity index is 360. The van der Waals surface area contributed by atoms with Gasteiger partial charge in [-0.25, -0.2) is 4.98 Å². The predicted molar refractivity (Wildman–Crippen MR) is 48.5 cm³/mol. The lowest BCUT2D eigenvalue weighted by Gasteiger charge is -2.00. The second kappa shape index (κ2) is 4.31. The highest BCUT2D eigenvalue weighted by Crippen LogP contribution is 1.98. The fourth-order valence-corrected chi connectivity index (χ4v) is 0.994. The lowest BCUT2D eigenvalue weighted by Crippen LogP contribution is -2.06. The standard InChI is InChI=1S/C8H9N5O/c1(8-12-6-13-14-8)2-10-7-5-9-3-4-11-7/h3-6H,1-2H2,(H,10,11). The predicted octanol–water partition coefficient (Wildman–Crippen LogP) is 0.514. The number of rotatable bonds is 4. The van der Waals surface area contributed by atoms with Crippen molar-refractivity contribution in [1.82, 2.24) is 20.1 Å². The molecule has 0 aliphatic carbocycles. The second-order valence-corrected chi connectivity index (χ2v) is 2.60. The third kappa shape index (κ3) is 2.25. The Morgan fingerprint density at radius 1 is 1.29 bits per heavy atom. The molecule has 6 nitrogen and oxygen atoms in total. The number of hydrogen-bond donors (Lipinski definition) is 1. The highest BCUT2D eigenvalue weighted by molar-refractivity contribution is 5.29. The molecule has 6 heteroatoms. The first-order valence-electron chi connectivity index (χ1n) is 4.20. The van der Waals surface area contributed by atoms with Crippen LogP contribution in [0.4, 0.5) is 5.82 Å². The SMILES string of the molecule is c1cnc(NCCc2ncno2)cn1. The van der Waals surface area contributed by atoms with Gasteiger partial charge in [0.05, 0.1) is 6.20 Å². The summed E-state index contributed by atoms with van der Waals surface area (Å²) < 4.78 is 4.83. The summed E-state index contributed by atoms with van der Waals surface area (Å²) >= 11 is 0. The van der Waals surface area contributed by atoms with E-state index in [1.54, 1.807) is 18.6 Å². The highest BCUT2D eigenvalue weighted by Gasteiger charge is 1.98. The number of nitrogens with one attached hydrogen (secondary N) is 1. The molecule has 0 bridgehead atoms. The Morgan fingerprint density at radius 2 is 2.29 bits per heavy atom. The van der Waals surface area contributed by atoms with Crippen molar-refractivity contribution in [2.75, 3.05) is 11.9 Å². The van der Waals surface area contributed by atoms with E-state index in [0.717, 1.165) is 5.82 Å². The molecule has 72 valence electrons. The van der Waals surface area contributed by atoms with Gasteiger partial charge < -0.3 is 9.84 Å². The van der Waals surface area contributed by atoms with E-state index in [2.05, 4.69) is 25.4 Å². The molecule has 0 aromatic carbocycles. The Labute approximate surface area is 80.4 Å². The Morgan fingerprint density at radius 3 is 3.00 bits per heavy atom. The van der Waals surface area contributed by atoms with Crippen molar-refractivity contribution in [2.24, 2.45) is 0 Å². The summed E-state index contributed by atoms with van der Waals surface area (Å²) in [6.45, 7) is 0.695. The molecule has 2 heterocycles. The van der Waals surface area contributed by atoms with E-state index < -0.39 is 0 Å². The molecule has 2 aromatic heterocycles. The number of hydrogen-bond acceptors (Lipinski definition) is 6. The molecule has 0 unspecified atom stereocenters. The molecule has 2 rings (SSSR count). The third-order valence-corrected chi connectivity index (χ3v) is 1.62. The molecule has 0 aliphatic rings. The molecule has 0 saturated carbocycles. The van der Waals surface area contributed by atoms with Crippen molar-refractivity contribution in [3.63, 3.8) is 0 Å². The smallest absolute Gasteiger partial charge is 0.228 e. The average molecular weight is 191 g/mol. The summed E-state index contributed by atoms with van der Waals surface area (Å²) in [6.07, 6.45) is 6.99. The van der Waals surface area contributed by atoms with Crippen molar-refractivity contribution in [3.05, 3.63) is 30.8 Å². The van der Waals surface area contributed by atoms with Crippen LogP contribution >= 0.6 is 0 Å². The molecule has 0 amide bonds. The molecule has 0 aliphatic heterocycles. The minimum Gasteiger partial charge on any atom is -0.368 e. The zero-order valence-electron chi connectivity index (χ0n) is 7.42. The van der Waals surface area contributed by atoms with Gasteiger partial charge in [-0.2, -0.15) is 4.98 Å². The molecule has 1 N–H and O–H groups in total. The zero-order valence-corrected chi connectivity index (χ0v) is 7.42. The largest absolute Gasteiger partial charge is 0.368 e. The topological polar surface area (TPSA) is 76.7 Å². The van der Waals surface area contributed by atoms with Crippen molar-refractivity contribution in [2.45, 2.75) is 6.42 Å². The fraction of sp³-hybridized carbons (Fsp3) is 0.250. The van der Waals surface area contributed by atoms with E-state index >= 15 is 0 Å². The van der Waals surface area contributed by atoms with Gasteiger partial charge in [-0.3, -0.25) is 4.98 Å². The van der Waals surface area contributed by atoms with E-state index in [1.807, 2.05) is 0 Å². The van der Waals surface area contributed by atoms with Crippen molar-refractivity contribution in [1.29, 1.82) is 0 Å². The minimum atomic E-state index is 0.612. The van der Waals surface area contributed by atoms with Gasteiger partial charge in [0.15, 0.2) is 6.33 Å². The number of anilines is 1. The summed E-state index contributed by atoms with van der Waals surface area (Å²) in [5.74, 6) is 1.36. The molecule has 0 radical (unpaired) electrons. The van der Waals surface area contributed by atoms with Crippen molar-refractivity contribution >= 4 is 5.82 Å². The van der Waals surface area contributed by atoms with Gasteiger partial charge in [-0.05, 0) is 0 Å². The van der Waals surface area contributed by atoms with Gasteiger partial charge in [0, 0.05) is 25.4 Å². The van der Waals surface area contributed by atoms with Crippen LogP contribution in [0, 0.1) is 0 Å². The van der Waals surface area contributed by atoms with Crippen LogP contribution < -0.4 is 5.32 Å². The maximum atomic E-state index is 4.83. The molecule has 0 fully saturated rings. The number of nitrogens with zero attached hydrogens (tertiary/aromatic N) is 4. The van der Waals surface area contributed by atoms with Crippen LogP contribution in [0.1, 0.15) is 5.89 Å². The second-order valence-electron chi connectivity index (χ2n) is 2.60. The summed E-state index contributed by atoms with van der Waals surface area (Å²) in [7, 11) is 0. The normalized spacial score (nSPS) is 10.0. The molecule has 14 heavy (non-hydrogen) atoms. The van der Waals surface area contributed by atoms with E-state index in [0.29, 0.717) is 18.9 Å². The summed E-state index contributed by atoms with van der Waals surface area (Å²) in [5, 5.41) is 6.59. The summed E-state index contributed by atoms with van der Waals surface area (Å²) in [5.41, 5.74) is 0. The Kier molecular flexibility index (Phi) is 2.65. The van der Waals surface area contributed by atoms with E-state index in [9.17, 15) is 0 Å². The van der Waals surface area contributed by atoms with Crippen LogP contribution in [0.5, 0.6) is 0 Å². The van der Waals surface area contributed by atoms with E-state index in [4.69, 9.17) is 4.52 Å². The molecular weight excluding hydrogens is 182 g/mol. The van der Waals surface area contributed by atoms with Gasteiger partial charge in [0.2, 0.25) is 5.89 Å². The van der Waals surface area contributed by atoms with Gasteiger partial charge in [0.1, 0.15) is 5.82 Å². The van der Waals surface area contributed by atoms with E-state index in [-0.39, 0.29) is 0 Å². The van der Waals surface area contributed by atoms with Gasteiger partial charge in [-0.1, -0.05) is 5.16 Å². The molecular formula is C8H9N5O. The molecule has 0 saturated heterocycles. The van der Waals surface area contributed by atoms with E-state index in [1.165, 1.54) is 6.33 Å². The molecule has 0 atom stereocenters. The Balaban J connectivity index is 1.79. The third-order valence-electron chi connectivity index (χ3n) is 1.62. The lowest BCUT2D eigenvalue weighted by atomic mass is 10.4. The monoisotopic (exact) mass is 191 g/mol. The zero-order chi connectivity index (χ0) is 9.64. The minimum absolute atomic E-state index is 0.612. The van der Waals surface area contributed by atoms with Crippen LogP contribution in [0.3, 0.4) is 0 Å². The fourth-order valence-electron chi connectivity index (χ4n) is 0.994. The lowest BCUT2D eigenvalue weighted by molar-refractivity contribution is 0.379. The number of aromatic nitrogens is 4. The van der Waals surface area contributed by atoms with Crippen LogP contribution in [0.2, 0.25) is 0 Å². The molecule has 2 aromatic rings. The van der Waals surface area contributed by atoms with Crippen LogP contribution in [0.15, 0.2) is 29.4 Å². The summed E-state index contributed by atoms with van der Waals surface area (Å²) in [4.78, 5) is 11.9. The highest BCUT2D eigenvalue weighted by atomic mass is 16.5. The first kappa shape index (κ1) is 8.61. The maximum absolute atomic E-state index is 4.83. The first-order valence-corrected chi connectivity index (χ1v) is 4.20. The van der Waals surface area contributed by atoms with Crippen LogP contribution in [0.25, 0.3) is 0 Å². The first-order chi connectivity index (χ1) is 6.95. The van der Waals surface area contributed by atoms with Crippen LogP contribution in [-0.2, 0) is 6.42 Å². The van der Waals surface area contributed by atoms with Gasteiger partial charge in [-0.15, -0.1) is 0 Å². The van der Waals surface area contributed by atoms with Crippen molar-refractivity contribution in [3.8, 4) is 0 Å². The summed E-state index contributed by atoms with van der Waals surface area (Å²) in [6, 6.07) is 0. The maximum Gasteiger partial charge on any atom is 0.228 e. The molecule has 0 spiro atoms. The Hall–Kier alpha value is -1.98.